The molecule has 0 spiro atoms. The molecule has 0 aliphatic carbocycles. The second kappa shape index (κ2) is 5.09. The van der Waals surface area contributed by atoms with Crippen LogP contribution < -0.4 is 10.1 Å². The number of carbonyl (C=O) groups excluding carboxylic acids is 1. The quantitative estimate of drug-likeness (QED) is 0.872. The maximum atomic E-state index is 12.6. The normalized spacial score (nSPS) is 22.1. The second-order valence-corrected chi connectivity index (χ2v) is 5.56. The Morgan fingerprint density at radius 3 is 2.46 bits per heavy atom. The molecular weight excluding hydrogens is 321 g/mol. The number of rotatable bonds is 1. The van der Waals surface area contributed by atoms with E-state index < -0.39 is 23.9 Å². The van der Waals surface area contributed by atoms with E-state index in [2.05, 4.69) is 10.3 Å². The third-order valence-electron chi connectivity index (χ3n) is 4.03. The predicted molar refractivity (Wildman–Crippen MR) is 79.7 cm³/mol. The molecule has 1 N–H and O–H groups in total. The highest BCUT2D eigenvalue weighted by molar-refractivity contribution is 6.11. The van der Waals surface area contributed by atoms with E-state index in [0.29, 0.717) is 11.3 Å². The molecule has 122 valence electrons. The Morgan fingerprint density at radius 1 is 1.04 bits per heavy atom. The van der Waals surface area contributed by atoms with Gasteiger partial charge < -0.3 is 10.1 Å². The Morgan fingerprint density at radius 2 is 1.75 bits per heavy atom. The standard InChI is InChI=1S/C17H11F3N2O2/c18-17(19,20)10-7-5-9(6-8-10)15-21-13-11-3-1-2-4-12(11)24-14(13)16(23)22-15/h1-8,13-14H,(H,21,22,23). The molecule has 2 aromatic rings. The fourth-order valence-electron chi connectivity index (χ4n) is 2.85. The van der Waals surface area contributed by atoms with Crippen LogP contribution in [0.5, 0.6) is 5.75 Å². The highest BCUT2D eigenvalue weighted by Crippen LogP contribution is 2.40. The summed E-state index contributed by atoms with van der Waals surface area (Å²) in [6.45, 7) is 0. The van der Waals surface area contributed by atoms with Crippen LogP contribution in [0.4, 0.5) is 13.2 Å². The van der Waals surface area contributed by atoms with Crippen LogP contribution in [0.3, 0.4) is 0 Å². The van der Waals surface area contributed by atoms with Crippen molar-refractivity contribution in [2.45, 2.75) is 18.3 Å². The zero-order valence-electron chi connectivity index (χ0n) is 12.2. The highest BCUT2D eigenvalue weighted by Gasteiger charge is 2.42. The van der Waals surface area contributed by atoms with Gasteiger partial charge in [-0.3, -0.25) is 9.79 Å². The maximum absolute atomic E-state index is 12.6. The minimum Gasteiger partial charge on any atom is -0.478 e. The molecule has 2 aliphatic rings. The van der Waals surface area contributed by atoms with Gasteiger partial charge in [-0.15, -0.1) is 0 Å². The molecular formula is C17H11F3N2O2. The van der Waals surface area contributed by atoms with E-state index in [1.807, 2.05) is 12.1 Å². The third kappa shape index (κ3) is 2.33. The number of amides is 1. The van der Waals surface area contributed by atoms with Gasteiger partial charge >= 0.3 is 6.18 Å². The molecule has 2 unspecified atom stereocenters. The van der Waals surface area contributed by atoms with Crippen LogP contribution in [0.25, 0.3) is 0 Å². The first-order valence-corrected chi connectivity index (χ1v) is 7.25. The van der Waals surface area contributed by atoms with E-state index in [1.165, 1.54) is 12.1 Å². The summed E-state index contributed by atoms with van der Waals surface area (Å²) in [7, 11) is 0. The Kier molecular flexibility index (Phi) is 3.13. The number of carbonyl (C=O) groups is 1. The second-order valence-electron chi connectivity index (χ2n) is 5.56. The van der Waals surface area contributed by atoms with Gasteiger partial charge in [-0.1, -0.05) is 30.3 Å². The summed E-state index contributed by atoms with van der Waals surface area (Å²) in [6.07, 6.45) is -5.15. The van der Waals surface area contributed by atoms with Crippen LogP contribution in [0.15, 0.2) is 53.5 Å². The number of nitrogens with zero attached hydrogens (tertiary/aromatic N) is 1. The first-order valence-electron chi connectivity index (χ1n) is 7.25. The molecule has 2 aliphatic heterocycles. The molecule has 24 heavy (non-hydrogen) atoms. The zero-order chi connectivity index (χ0) is 16.9. The Balaban J connectivity index is 1.71. The van der Waals surface area contributed by atoms with Crippen molar-refractivity contribution in [2.24, 2.45) is 4.99 Å². The minimum absolute atomic E-state index is 0.246. The summed E-state index contributed by atoms with van der Waals surface area (Å²) in [4.78, 5) is 16.7. The number of hydrogen-bond acceptors (Lipinski definition) is 3. The van der Waals surface area contributed by atoms with Gasteiger partial charge in [-0.05, 0) is 18.2 Å². The number of aliphatic imine (C=N–C) groups is 1. The van der Waals surface area contributed by atoms with Crippen molar-refractivity contribution in [2.75, 3.05) is 0 Å². The van der Waals surface area contributed by atoms with Gasteiger partial charge in [0.05, 0.1) is 5.56 Å². The van der Waals surface area contributed by atoms with E-state index in [9.17, 15) is 18.0 Å². The van der Waals surface area contributed by atoms with Gasteiger partial charge in [0.1, 0.15) is 17.6 Å². The highest BCUT2D eigenvalue weighted by atomic mass is 19.4. The Labute approximate surface area is 135 Å². The molecule has 1 amide bonds. The van der Waals surface area contributed by atoms with E-state index >= 15 is 0 Å². The summed E-state index contributed by atoms with van der Waals surface area (Å²) < 4.78 is 43.5. The van der Waals surface area contributed by atoms with Gasteiger partial charge in [0, 0.05) is 11.1 Å². The fourth-order valence-corrected chi connectivity index (χ4v) is 2.85. The number of benzene rings is 2. The van der Waals surface area contributed by atoms with Gasteiger partial charge in [-0.2, -0.15) is 13.2 Å². The minimum atomic E-state index is -4.40. The van der Waals surface area contributed by atoms with Gasteiger partial charge in [0.2, 0.25) is 6.10 Å². The van der Waals surface area contributed by atoms with Crippen LogP contribution >= 0.6 is 0 Å². The molecule has 0 radical (unpaired) electrons. The van der Waals surface area contributed by atoms with Crippen molar-refractivity contribution in [3.8, 4) is 5.75 Å². The maximum Gasteiger partial charge on any atom is 0.416 e. The lowest BCUT2D eigenvalue weighted by atomic mass is 10.0. The number of amidine groups is 1. The van der Waals surface area contributed by atoms with E-state index in [4.69, 9.17) is 4.74 Å². The van der Waals surface area contributed by atoms with Crippen LogP contribution in [-0.4, -0.2) is 17.8 Å². The summed E-state index contributed by atoms with van der Waals surface area (Å²) in [5.41, 5.74) is 0.461. The van der Waals surface area contributed by atoms with Gasteiger partial charge in [0.25, 0.3) is 5.91 Å². The van der Waals surface area contributed by atoms with Crippen molar-refractivity contribution in [3.05, 3.63) is 65.2 Å². The topological polar surface area (TPSA) is 50.7 Å². The summed E-state index contributed by atoms with van der Waals surface area (Å²) >= 11 is 0. The molecule has 4 nitrogen and oxygen atoms in total. The number of para-hydroxylation sites is 1. The average molecular weight is 332 g/mol. The summed E-state index contributed by atoms with van der Waals surface area (Å²) in [5.74, 6) is 0.483. The van der Waals surface area contributed by atoms with Crippen LogP contribution in [0.1, 0.15) is 22.7 Å². The Hall–Kier alpha value is -2.83. The molecule has 0 saturated heterocycles. The largest absolute Gasteiger partial charge is 0.478 e. The predicted octanol–water partition coefficient (Wildman–Crippen LogP) is 3.08. The molecule has 2 atom stereocenters. The molecule has 0 fully saturated rings. The van der Waals surface area contributed by atoms with Crippen molar-refractivity contribution in [1.82, 2.24) is 5.32 Å². The zero-order valence-corrected chi connectivity index (χ0v) is 12.2. The van der Waals surface area contributed by atoms with Crippen molar-refractivity contribution >= 4 is 11.7 Å². The number of fused-ring (bicyclic) bond motifs is 3. The number of halogens is 3. The smallest absolute Gasteiger partial charge is 0.416 e. The lowest BCUT2D eigenvalue weighted by molar-refractivity contribution is -0.137. The fraction of sp³-hybridized carbons (Fsp3) is 0.176. The molecule has 2 heterocycles. The van der Waals surface area contributed by atoms with E-state index in [-0.39, 0.29) is 11.7 Å². The van der Waals surface area contributed by atoms with Crippen LogP contribution in [0, 0.1) is 0 Å². The SMILES string of the molecule is O=C1NC(c2ccc(C(F)(F)F)cc2)=NC2c3ccccc3OC12. The summed E-state index contributed by atoms with van der Waals surface area (Å²) in [5, 5.41) is 2.60. The lowest BCUT2D eigenvalue weighted by Crippen LogP contribution is -2.47. The first-order chi connectivity index (χ1) is 11.4. The summed E-state index contributed by atoms with van der Waals surface area (Å²) in [6, 6.07) is 11.2. The number of hydrogen-bond donors (Lipinski definition) is 1. The molecule has 4 rings (SSSR count). The van der Waals surface area contributed by atoms with Crippen molar-refractivity contribution < 1.29 is 22.7 Å². The van der Waals surface area contributed by atoms with E-state index in [1.54, 1.807) is 12.1 Å². The monoisotopic (exact) mass is 332 g/mol. The van der Waals surface area contributed by atoms with Crippen molar-refractivity contribution in [3.63, 3.8) is 0 Å². The molecule has 2 aromatic carbocycles. The number of alkyl halides is 3. The van der Waals surface area contributed by atoms with Gasteiger partial charge in [-0.25, -0.2) is 0 Å². The Bertz CT molecular complexity index is 844. The van der Waals surface area contributed by atoms with Crippen molar-refractivity contribution in [1.29, 1.82) is 0 Å². The van der Waals surface area contributed by atoms with Crippen LogP contribution in [-0.2, 0) is 11.0 Å². The number of nitrogens with one attached hydrogen (secondary N) is 1. The van der Waals surface area contributed by atoms with Gasteiger partial charge in [0.15, 0.2) is 0 Å². The number of ether oxygens (including phenoxy) is 1. The lowest BCUT2D eigenvalue weighted by Gasteiger charge is -2.23. The van der Waals surface area contributed by atoms with E-state index in [0.717, 1.165) is 17.7 Å². The third-order valence-corrected chi connectivity index (χ3v) is 4.03. The first kappa shape index (κ1) is 14.7. The average Bonchev–Trinajstić information content (AvgIpc) is 2.94. The molecule has 0 bridgehead atoms. The molecule has 7 heteroatoms. The molecule has 0 saturated carbocycles. The van der Waals surface area contributed by atoms with Crippen LogP contribution in [0.2, 0.25) is 0 Å². The molecule has 0 aromatic heterocycles.